The van der Waals surface area contributed by atoms with Crippen molar-refractivity contribution in [3.05, 3.63) is 89.6 Å². The van der Waals surface area contributed by atoms with Gasteiger partial charge in [-0.05, 0) is 84.2 Å². The zero-order valence-electron chi connectivity index (χ0n) is 27.5. The van der Waals surface area contributed by atoms with Crippen LogP contribution in [-0.2, 0) is 6.37 Å². The summed E-state index contributed by atoms with van der Waals surface area (Å²) in [5.41, 5.74) is 0.213. The van der Waals surface area contributed by atoms with Gasteiger partial charge in [-0.1, -0.05) is 69.5 Å². The number of fused-ring (bicyclic) bond motifs is 2. The van der Waals surface area contributed by atoms with E-state index in [1.807, 2.05) is 12.1 Å². The largest absolute Gasteiger partial charge is 0.456 e. The summed E-state index contributed by atoms with van der Waals surface area (Å²) in [5, 5.41) is 2.51. The van der Waals surface area contributed by atoms with E-state index in [-0.39, 0.29) is 27.9 Å². The van der Waals surface area contributed by atoms with Gasteiger partial charge in [0.05, 0.1) is 11.1 Å². The molecule has 0 aliphatic heterocycles. The molecule has 0 amide bonds. The summed E-state index contributed by atoms with van der Waals surface area (Å²) >= 11 is 0. The van der Waals surface area contributed by atoms with Gasteiger partial charge in [-0.2, -0.15) is 13.2 Å². The minimum atomic E-state index is -4.82. The van der Waals surface area contributed by atoms with Crippen LogP contribution < -0.4 is 0 Å². The third-order valence-electron chi connectivity index (χ3n) is 8.11. The molecular weight excluding hydrogens is 507 g/mol. The van der Waals surface area contributed by atoms with Crippen LogP contribution in [0.25, 0.3) is 44.3 Å². The lowest BCUT2D eigenvalue weighted by Gasteiger charge is -2.27. The van der Waals surface area contributed by atoms with E-state index in [1.165, 1.54) is 48.4 Å². The van der Waals surface area contributed by atoms with Crippen LogP contribution in [-0.4, -0.2) is 11.2 Å². The molecule has 6 rings (SSSR count). The molecule has 0 bridgehead atoms. The van der Waals surface area contributed by atoms with Crippen molar-refractivity contribution in [2.24, 2.45) is 5.41 Å². The highest BCUT2D eigenvalue weighted by molar-refractivity contribution is 5.92. The second kappa shape index (κ2) is 10.1. The number of pyridine rings is 1. The van der Waals surface area contributed by atoms with Gasteiger partial charge in [0, 0.05) is 35.1 Å². The molecular formula is C35H34F3NO. The van der Waals surface area contributed by atoms with Crippen molar-refractivity contribution >= 4 is 21.7 Å². The molecule has 2 aromatic heterocycles. The van der Waals surface area contributed by atoms with Gasteiger partial charge in [0.2, 0.25) is 0 Å². The first-order valence-electron chi connectivity index (χ1n) is 16.2. The van der Waals surface area contributed by atoms with Crippen molar-refractivity contribution in [1.82, 2.24) is 4.98 Å². The molecule has 5 heteroatoms. The molecule has 0 N–H and O–H groups in total. The van der Waals surface area contributed by atoms with Crippen molar-refractivity contribution < 1.29 is 24.4 Å². The number of rotatable bonds is 5. The Hall–Kier alpha value is -3.60. The molecule has 0 radical (unpaired) electrons. The van der Waals surface area contributed by atoms with Gasteiger partial charge in [0.15, 0.2) is 0 Å². The third kappa shape index (κ3) is 4.91. The maximum Gasteiger partial charge on any atom is 0.394 e. The summed E-state index contributed by atoms with van der Waals surface area (Å²) in [6.07, 6.45) is -0.168. The summed E-state index contributed by atoms with van der Waals surface area (Å²) in [7, 11) is 0. The lowest BCUT2D eigenvalue weighted by Crippen LogP contribution is -2.34. The minimum absolute atomic E-state index is 0.000809. The van der Waals surface area contributed by atoms with Crippen LogP contribution in [0.3, 0.4) is 0 Å². The molecule has 0 unspecified atom stereocenters. The van der Waals surface area contributed by atoms with Crippen LogP contribution in [0.4, 0.5) is 13.2 Å². The second-order valence-corrected chi connectivity index (χ2v) is 11.3. The zero-order valence-corrected chi connectivity index (χ0v) is 22.5. The van der Waals surface area contributed by atoms with Gasteiger partial charge in [-0.15, -0.1) is 0 Å². The predicted octanol–water partition coefficient (Wildman–Crippen LogP) is 10.8. The van der Waals surface area contributed by atoms with Gasteiger partial charge >= 0.3 is 6.18 Å². The number of benzene rings is 3. The van der Waals surface area contributed by atoms with E-state index in [4.69, 9.17) is 11.3 Å². The normalized spacial score (nSPS) is 17.8. The fourth-order valence-corrected chi connectivity index (χ4v) is 5.78. The number of aryl methyl sites for hydroxylation is 1. The number of furan rings is 1. The van der Waals surface area contributed by atoms with Crippen molar-refractivity contribution in [1.29, 1.82) is 0 Å². The first kappa shape index (κ1) is 21.2. The van der Waals surface area contributed by atoms with Crippen molar-refractivity contribution in [3.8, 4) is 22.6 Å². The SMILES string of the molecule is [2H]C([2H])([2H])c1c(-c2ccnc(-c3cc(C4CCCCC4)c4ccccc4c3)c2)oc2cc(C([2H])([2H])C(C)(C)C(F)(F)F)ccc12. The van der Waals surface area contributed by atoms with Gasteiger partial charge in [0.1, 0.15) is 11.3 Å². The Morgan fingerprint density at radius 1 is 0.925 bits per heavy atom. The maximum atomic E-state index is 13.8. The Morgan fingerprint density at radius 3 is 2.50 bits per heavy atom. The van der Waals surface area contributed by atoms with E-state index in [2.05, 4.69) is 29.2 Å². The third-order valence-corrected chi connectivity index (χ3v) is 8.11. The van der Waals surface area contributed by atoms with Crippen LogP contribution in [0.1, 0.15) is 75.4 Å². The number of hydrogen-bond acceptors (Lipinski definition) is 2. The van der Waals surface area contributed by atoms with Crippen LogP contribution in [0.15, 0.2) is 77.3 Å². The molecule has 206 valence electrons. The maximum absolute atomic E-state index is 13.8. The van der Waals surface area contributed by atoms with Gasteiger partial charge in [-0.25, -0.2) is 0 Å². The lowest BCUT2D eigenvalue weighted by atomic mass is 9.81. The summed E-state index contributed by atoms with van der Waals surface area (Å²) in [5.74, 6) is 0.497. The van der Waals surface area contributed by atoms with Crippen molar-refractivity contribution in [2.45, 2.75) is 71.3 Å². The van der Waals surface area contributed by atoms with Crippen molar-refractivity contribution in [2.75, 3.05) is 0 Å². The second-order valence-electron chi connectivity index (χ2n) is 11.3. The number of aromatic nitrogens is 1. The Bertz CT molecular complexity index is 1880. The van der Waals surface area contributed by atoms with Crippen LogP contribution >= 0.6 is 0 Å². The molecule has 1 aliphatic rings. The molecule has 1 saturated carbocycles. The monoisotopic (exact) mass is 546 g/mol. The predicted molar refractivity (Wildman–Crippen MR) is 156 cm³/mol. The van der Waals surface area contributed by atoms with E-state index >= 15 is 0 Å². The summed E-state index contributed by atoms with van der Waals surface area (Å²) in [6.45, 7) is -1.000. The van der Waals surface area contributed by atoms with E-state index in [0.717, 1.165) is 37.6 Å². The molecule has 3 aromatic carbocycles. The average molecular weight is 547 g/mol. The highest BCUT2D eigenvalue weighted by Crippen LogP contribution is 2.42. The summed E-state index contributed by atoms with van der Waals surface area (Å²) < 4.78 is 89.3. The average Bonchev–Trinajstić information content (AvgIpc) is 3.40. The topological polar surface area (TPSA) is 26.0 Å². The number of hydrogen-bond donors (Lipinski definition) is 0. The molecule has 0 saturated heterocycles. The van der Waals surface area contributed by atoms with Gasteiger partial charge in [0.25, 0.3) is 0 Å². The Balaban J connectivity index is 1.48. The number of nitrogens with zero attached hydrogens (tertiary/aromatic N) is 1. The molecule has 0 atom stereocenters. The Kier molecular flexibility index (Phi) is 5.35. The smallest absolute Gasteiger partial charge is 0.394 e. The Labute approximate surface area is 240 Å². The van der Waals surface area contributed by atoms with E-state index < -0.39 is 24.8 Å². The van der Waals surface area contributed by atoms with E-state index in [1.54, 1.807) is 18.3 Å². The first-order chi connectivity index (χ1) is 21.1. The lowest BCUT2D eigenvalue weighted by molar-refractivity contribution is -0.211. The van der Waals surface area contributed by atoms with Crippen LogP contribution in [0.5, 0.6) is 0 Å². The Morgan fingerprint density at radius 2 is 1.73 bits per heavy atom. The van der Waals surface area contributed by atoms with Crippen LogP contribution in [0.2, 0.25) is 0 Å². The molecule has 40 heavy (non-hydrogen) atoms. The fraction of sp³-hybridized carbons (Fsp3) is 0.343. The molecule has 1 fully saturated rings. The van der Waals surface area contributed by atoms with Gasteiger partial charge < -0.3 is 4.42 Å². The highest BCUT2D eigenvalue weighted by Gasteiger charge is 2.47. The van der Waals surface area contributed by atoms with E-state index in [9.17, 15) is 13.2 Å². The molecule has 2 heterocycles. The highest BCUT2D eigenvalue weighted by atomic mass is 19.4. The summed E-state index contributed by atoms with van der Waals surface area (Å²) in [6, 6.07) is 19.7. The quantitative estimate of drug-likeness (QED) is 0.219. The van der Waals surface area contributed by atoms with Crippen molar-refractivity contribution in [3.63, 3.8) is 0 Å². The standard InChI is InChI=1S/C35H34F3NO/c1-22-28-14-13-23(21-34(2,3)35(36,37)38)17-32(28)40-33(22)26-15-16-39-31(20-26)27-18-25-11-7-8-12-29(25)30(19-27)24-9-5-4-6-10-24/h7-8,11-20,24H,4-6,9-10,21H2,1-3H3/i1D3,21D2. The molecule has 5 aromatic rings. The summed E-state index contributed by atoms with van der Waals surface area (Å²) in [4.78, 5) is 4.63. The van der Waals surface area contributed by atoms with Gasteiger partial charge in [-0.3, -0.25) is 4.98 Å². The molecule has 2 nitrogen and oxygen atoms in total. The number of alkyl halides is 3. The van der Waals surface area contributed by atoms with E-state index in [0.29, 0.717) is 17.2 Å². The molecule has 0 spiro atoms. The fourth-order valence-electron chi connectivity index (χ4n) is 5.78. The van der Waals surface area contributed by atoms with Crippen LogP contribution in [0, 0.1) is 12.3 Å². The first-order valence-corrected chi connectivity index (χ1v) is 13.7. The minimum Gasteiger partial charge on any atom is -0.456 e. The zero-order chi connectivity index (χ0) is 32.4. The number of halogens is 3. The molecule has 1 aliphatic carbocycles.